The lowest BCUT2D eigenvalue weighted by Crippen LogP contribution is -2.44. The molecule has 0 unspecified atom stereocenters. The van der Waals surface area contributed by atoms with E-state index in [-0.39, 0.29) is 10.8 Å². The molecule has 1 aromatic heterocycles. The monoisotopic (exact) mass is 300 g/mol. The summed E-state index contributed by atoms with van der Waals surface area (Å²) < 4.78 is 26.4. The maximum Gasteiger partial charge on any atom is 0.246 e. The van der Waals surface area contributed by atoms with Crippen LogP contribution in [-0.2, 0) is 10.0 Å². The molecule has 0 aliphatic carbocycles. The molecule has 1 aliphatic heterocycles. The van der Waals surface area contributed by atoms with Crippen molar-refractivity contribution < 1.29 is 8.42 Å². The summed E-state index contributed by atoms with van der Waals surface area (Å²) in [5, 5.41) is 0. The van der Waals surface area contributed by atoms with Gasteiger partial charge in [0.2, 0.25) is 16.0 Å². The quantitative estimate of drug-likeness (QED) is 0.569. The van der Waals surface area contributed by atoms with Crippen LogP contribution in [0.1, 0.15) is 12.8 Å². The van der Waals surface area contributed by atoms with Crippen molar-refractivity contribution in [2.24, 2.45) is 5.84 Å². The van der Waals surface area contributed by atoms with Crippen molar-refractivity contribution in [2.75, 3.05) is 32.6 Å². The van der Waals surface area contributed by atoms with E-state index < -0.39 is 10.0 Å². The molecule has 3 N–H and O–H groups in total. The normalized spacial score (nSPS) is 18.4. The molecule has 1 aliphatic rings. The van der Waals surface area contributed by atoms with E-state index in [4.69, 9.17) is 5.84 Å². The van der Waals surface area contributed by atoms with Gasteiger partial charge in [-0.15, -0.1) is 0 Å². The molecule has 112 valence electrons. The smallest absolute Gasteiger partial charge is 0.246 e. The number of piperidine rings is 1. The van der Waals surface area contributed by atoms with E-state index in [1.807, 2.05) is 14.1 Å². The molecule has 1 saturated heterocycles. The summed E-state index contributed by atoms with van der Waals surface area (Å²) in [4.78, 5) is 9.91. The van der Waals surface area contributed by atoms with Gasteiger partial charge in [-0.2, -0.15) is 4.31 Å². The first kappa shape index (κ1) is 15.1. The largest absolute Gasteiger partial charge is 0.306 e. The zero-order valence-corrected chi connectivity index (χ0v) is 12.5. The summed E-state index contributed by atoms with van der Waals surface area (Å²) in [5.41, 5.74) is 2.27. The second kappa shape index (κ2) is 6.00. The van der Waals surface area contributed by atoms with Crippen LogP contribution in [0.4, 0.5) is 5.95 Å². The molecule has 1 aromatic rings. The predicted octanol–water partition coefficient (Wildman–Crippen LogP) is -0.523. The van der Waals surface area contributed by atoms with E-state index in [0.29, 0.717) is 19.1 Å². The van der Waals surface area contributed by atoms with Gasteiger partial charge in [-0.3, -0.25) is 5.43 Å². The summed E-state index contributed by atoms with van der Waals surface area (Å²) in [6, 6.07) is 0.432. The van der Waals surface area contributed by atoms with Crippen LogP contribution in [0.5, 0.6) is 0 Å². The predicted molar refractivity (Wildman–Crippen MR) is 75.3 cm³/mol. The van der Waals surface area contributed by atoms with Gasteiger partial charge in [0, 0.05) is 19.1 Å². The zero-order valence-electron chi connectivity index (χ0n) is 11.7. The number of sulfonamides is 1. The van der Waals surface area contributed by atoms with Crippen LogP contribution in [0.2, 0.25) is 0 Å². The lowest BCUT2D eigenvalue weighted by Gasteiger charge is -2.34. The third-order valence-corrected chi connectivity index (χ3v) is 5.40. The molecule has 0 bridgehead atoms. The highest BCUT2D eigenvalue weighted by atomic mass is 32.2. The highest BCUT2D eigenvalue weighted by molar-refractivity contribution is 7.89. The van der Waals surface area contributed by atoms with Crippen LogP contribution >= 0.6 is 0 Å². The van der Waals surface area contributed by atoms with Gasteiger partial charge < -0.3 is 4.90 Å². The molecule has 0 spiro atoms. The summed E-state index contributed by atoms with van der Waals surface area (Å²) in [7, 11) is 0.515. The minimum Gasteiger partial charge on any atom is -0.306 e. The molecule has 2 rings (SSSR count). The van der Waals surface area contributed by atoms with E-state index in [9.17, 15) is 8.42 Å². The van der Waals surface area contributed by atoms with Crippen molar-refractivity contribution in [1.82, 2.24) is 19.2 Å². The van der Waals surface area contributed by atoms with E-state index in [1.54, 1.807) is 0 Å². The Morgan fingerprint density at radius 1 is 1.30 bits per heavy atom. The average molecular weight is 300 g/mol. The minimum absolute atomic E-state index is 0.0970. The number of hydrogen-bond acceptors (Lipinski definition) is 7. The van der Waals surface area contributed by atoms with Crippen LogP contribution in [0.3, 0.4) is 0 Å². The van der Waals surface area contributed by atoms with Crippen molar-refractivity contribution in [3.63, 3.8) is 0 Å². The first-order valence-electron chi connectivity index (χ1n) is 6.40. The van der Waals surface area contributed by atoms with Crippen LogP contribution in [0.15, 0.2) is 17.3 Å². The molecule has 0 radical (unpaired) electrons. The fraction of sp³-hybridized carbons (Fsp3) is 0.636. The fourth-order valence-corrected chi connectivity index (χ4v) is 3.63. The molecule has 1 fully saturated rings. The van der Waals surface area contributed by atoms with Crippen molar-refractivity contribution in [3.05, 3.63) is 12.4 Å². The molecule has 2 heterocycles. The van der Waals surface area contributed by atoms with Crippen LogP contribution < -0.4 is 11.3 Å². The van der Waals surface area contributed by atoms with Crippen molar-refractivity contribution in [3.8, 4) is 0 Å². The van der Waals surface area contributed by atoms with Gasteiger partial charge in [0.25, 0.3) is 0 Å². The molecular weight excluding hydrogens is 280 g/mol. The summed E-state index contributed by atoms with van der Waals surface area (Å²) in [6.45, 7) is 1.03. The third kappa shape index (κ3) is 3.06. The number of anilines is 1. The number of nitrogen functional groups attached to an aromatic ring is 1. The molecule has 8 nitrogen and oxygen atoms in total. The number of nitrogens with two attached hydrogens (primary N) is 1. The number of hydrogen-bond donors (Lipinski definition) is 2. The summed E-state index contributed by atoms with van der Waals surface area (Å²) >= 11 is 0. The molecule has 0 amide bonds. The maximum absolute atomic E-state index is 12.4. The number of nitrogens with zero attached hydrogens (tertiary/aromatic N) is 4. The van der Waals surface area contributed by atoms with Crippen LogP contribution in [0.25, 0.3) is 0 Å². The molecule has 0 saturated carbocycles. The molecular formula is C11H20N6O2S. The number of hydrazine groups is 1. The first-order valence-corrected chi connectivity index (χ1v) is 7.84. The van der Waals surface area contributed by atoms with Gasteiger partial charge in [-0.25, -0.2) is 24.2 Å². The first-order chi connectivity index (χ1) is 9.45. The van der Waals surface area contributed by atoms with Crippen LogP contribution in [0, 0.1) is 0 Å². The van der Waals surface area contributed by atoms with Crippen molar-refractivity contribution >= 4 is 16.0 Å². The Hall–Kier alpha value is -1.29. The van der Waals surface area contributed by atoms with Gasteiger partial charge in [-0.05, 0) is 26.9 Å². The van der Waals surface area contributed by atoms with Gasteiger partial charge in [0.1, 0.15) is 4.90 Å². The Labute approximate surface area is 119 Å². The zero-order chi connectivity index (χ0) is 14.8. The lowest BCUT2D eigenvalue weighted by atomic mass is 10.1. The van der Waals surface area contributed by atoms with Gasteiger partial charge in [-0.1, -0.05) is 0 Å². The van der Waals surface area contributed by atoms with Crippen molar-refractivity contribution in [2.45, 2.75) is 23.8 Å². The standard InChI is InChI=1S/C11H20N6O2S/c1-16(2)9-3-5-17(6-4-9)20(18,19)10-7-13-11(15-12)14-8-10/h7-9H,3-6,12H2,1-2H3,(H,13,14,15). The van der Waals surface area contributed by atoms with Gasteiger partial charge in [0.05, 0.1) is 12.4 Å². The summed E-state index contributed by atoms with van der Waals surface area (Å²) in [6.07, 6.45) is 4.20. The van der Waals surface area contributed by atoms with E-state index in [0.717, 1.165) is 12.8 Å². The Morgan fingerprint density at radius 3 is 2.30 bits per heavy atom. The lowest BCUT2D eigenvalue weighted by molar-refractivity contribution is 0.196. The topological polar surface area (TPSA) is 104 Å². The number of rotatable bonds is 4. The van der Waals surface area contributed by atoms with E-state index in [1.165, 1.54) is 16.7 Å². The second-order valence-corrected chi connectivity index (χ2v) is 6.92. The van der Waals surface area contributed by atoms with Crippen molar-refractivity contribution in [1.29, 1.82) is 0 Å². The number of nitrogens with one attached hydrogen (secondary N) is 1. The molecule has 20 heavy (non-hydrogen) atoms. The molecule has 0 aromatic carbocycles. The SMILES string of the molecule is CN(C)C1CCN(S(=O)(=O)c2cnc(NN)nc2)CC1. The fourth-order valence-electron chi connectivity index (χ4n) is 2.27. The maximum atomic E-state index is 12.4. The van der Waals surface area contributed by atoms with E-state index >= 15 is 0 Å². The Bertz CT molecular complexity index is 537. The van der Waals surface area contributed by atoms with Crippen LogP contribution in [-0.4, -0.2) is 60.8 Å². The van der Waals surface area contributed by atoms with Gasteiger partial charge in [0.15, 0.2) is 0 Å². The Balaban J connectivity index is 2.11. The Kier molecular flexibility index (Phi) is 4.53. The summed E-state index contributed by atoms with van der Waals surface area (Å²) in [5.74, 6) is 5.35. The van der Waals surface area contributed by atoms with E-state index in [2.05, 4.69) is 20.3 Å². The average Bonchev–Trinajstić information content (AvgIpc) is 2.47. The number of aromatic nitrogens is 2. The third-order valence-electron chi connectivity index (χ3n) is 3.55. The Morgan fingerprint density at radius 2 is 1.85 bits per heavy atom. The highest BCUT2D eigenvalue weighted by Gasteiger charge is 2.30. The molecule has 9 heteroatoms. The second-order valence-electron chi connectivity index (χ2n) is 4.99. The molecule has 0 atom stereocenters. The van der Waals surface area contributed by atoms with Gasteiger partial charge >= 0.3 is 0 Å². The minimum atomic E-state index is -3.51. The highest BCUT2D eigenvalue weighted by Crippen LogP contribution is 2.21.